The van der Waals surface area contributed by atoms with Gasteiger partial charge in [-0.05, 0) is 13.0 Å². The van der Waals surface area contributed by atoms with E-state index >= 15 is 0 Å². The largest absolute Gasteiger partial charge is 0.379 e. The Morgan fingerprint density at radius 2 is 2.09 bits per heavy atom. The van der Waals surface area contributed by atoms with Crippen LogP contribution in [0.15, 0.2) is 29.4 Å². The van der Waals surface area contributed by atoms with E-state index in [0.29, 0.717) is 17.2 Å². The number of rotatable bonds is 5. The molecule has 0 unspecified atom stereocenters. The third kappa shape index (κ3) is 4.01. The fraction of sp³-hybridized carbons (Fsp3) is 0.438. The number of nitrogens with zero attached hydrogens (tertiary/aromatic N) is 2. The molecule has 0 fully saturated rings. The van der Waals surface area contributed by atoms with E-state index in [0.717, 1.165) is 5.56 Å². The van der Waals surface area contributed by atoms with Gasteiger partial charge >= 0.3 is 0 Å². The molecule has 1 aliphatic heterocycles. The first kappa shape index (κ1) is 17.3. The first-order valence-corrected chi connectivity index (χ1v) is 7.70. The SMILES string of the molecule is CN(C)C(=O)CCNC(=O)[C@@]1(C)CC(c2ccccc2Cl)=NO1. The summed E-state index contributed by atoms with van der Waals surface area (Å²) in [5, 5.41) is 7.29. The molecule has 0 saturated heterocycles. The summed E-state index contributed by atoms with van der Waals surface area (Å²) in [5.41, 5.74) is 0.307. The zero-order chi connectivity index (χ0) is 17.0. The molecule has 0 spiro atoms. The van der Waals surface area contributed by atoms with Crippen molar-refractivity contribution in [2.45, 2.75) is 25.4 Å². The Balaban J connectivity index is 1.93. The Hall–Kier alpha value is -2.08. The van der Waals surface area contributed by atoms with Crippen LogP contribution >= 0.6 is 11.6 Å². The first-order chi connectivity index (χ1) is 10.8. The molecule has 0 radical (unpaired) electrons. The van der Waals surface area contributed by atoms with Crippen LogP contribution in [-0.4, -0.2) is 48.7 Å². The summed E-state index contributed by atoms with van der Waals surface area (Å²) in [6, 6.07) is 7.29. The summed E-state index contributed by atoms with van der Waals surface area (Å²) in [6.45, 7) is 1.93. The summed E-state index contributed by atoms with van der Waals surface area (Å²) < 4.78 is 0. The smallest absolute Gasteiger partial charge is 0.267 e. The highest BCUT2D eigenvalue weighted by Gasteiger charge is 2.42. The van der Waals surface area contributed by atoms with E-state index in [1.54, 1.807) is 27.1 Å². The Kier molecular flexibility index (Phi) is 5.26. The van der Waals surface area contributed by atoms with Crippen LogP contribution in [-0.2, 0) is 14.4 Å². The lowest BCUT2D eigenvalue weighted by atomic mass is 9.95. The van der Waals surface area contributed by atoms with Crippen molar-refractivity contribution in [3.8, 4) is 0 Å². The van der Waals surface area contributed by atoms with E-state index in [9.17, 15) is 9.59 Å². The van der Waals surface area contributed by atoms with Gasteiger partial charge in [0, 0.05) is 44.1 Å². The van der Waals surface area contributed by atoms with Gasteiger partial charge in [0.25, 0.3) is 5.91 Å². The second-order valence-corrected chi connectivity index (χ2v) is 6.22. The van der Waals surface area contributed by atoms with Crippen LogP contribution in [0, 0.1) is 0 Å². The summed E-state index contributed by atoms with van der Waals surface area (Å²) in [5.74, 6) is -0.342. The van der Waals surface area contributed by atoms with Gasteiger partial charge in [0.15, 0.2) is 0 Å². The first-order valence-electron chi connectivity index (χ1n) is 7.32. The number of hydrogen-bond donors (Lipinski definition) is 1. The fourth-order valence-corrected chi connectivity index (χ4v) is 2.44. The summed E-state index contributed by atoms with van der Waals surface area (Å²) in [4.78, 5) is 30.7. The number of benzene rings is 1. The van der Waals surface area contributed by atoms with Crippen LogP contribution in [0.4, 0.5) is 0 Å². The molecule has 7 heteroatoms. The van der Waals surface area contributed by atoms with Crippen LogP contribution in [0.3, 0.4) is 0 Å². The van der Waals surface area contributed by atoms with Crippen molar-refractivity contribution in [1.29, 1.82) is 0 Å². The number of carbonyl (C=O) groups excluding carboxylic acids is 2. The van der Waals surface area contributed by atoms with Gasteiger partial charge in [0.05, 0.1) is 5.71 Å². The fourth-order valence-electron chi connectivity index (χ4n) is 2.19. The van der Waals surface area contributed by atoms with Crippen molar-refractivity contribution in [3.05, 3.63) is 34.9 Å². The Morgan fingerprint density at radius 3 is 2.74 bits per heavy atom. The minimum Gasteiger partial charge on any atom is -0.379 e. The molecule has 1 atom stereocenters. The molecule has 1 aliphatic rings. The van der Waals surface area contributed by atoms with Gasteiger partial charge in [0.2, 0.25) is 11.5 Å². The van der Waals surface area contributed by atoms with Crippen molar-refractivity contribution in [2.75, 3.05) is 20.6 Å². The molecule has 124 valence electrons. The molecule has 0 saturated carbocycles. The van der Waals surface area contributed by atoms with Crippen molar-refractivity contribution in [3.63, 3.8) is 0 Å². The number of carbonyl (C=O) groups is 2. The van der Waals surface area contributed by atoms with Gasteiger partial charge in [-0.15, -0.1) is 0 Å². The van der Waals surface area contributed by atoms with Gasteiger partial charge < -0.3 is 15.1 Å². The molecule has 0 aromatic heterocycles. The molecular weight excluding hydrogens is 318 g/mol. The van der Waals surface area contributed by atoms with Crippen LogP contribution in [0.25, 0.3) is 0 Å². The van der Waals surface area contributed by atoms with Gasteiger partial charge in [-0.2, -0.15) is 0 Å². The average molecular weight is 338 g/mol. The third-order valence-electron chi connectivity index (χ3n) is 3.65. The summed E-state index contributed by atoms with van der Waals surface area (Å²) in [7, 11) is 3.35. The van der Waals surface area contributed by atoms with E-state index in [1.165, 1.54) is 4.90 Å². The lowest BCUT2D eigenvalue weighted by Gasteiger charge is -2.20. The minimum atomic E-state index is -1.09. The monoisotopic (exact) mass is 337 g/mol. The summed E-state index contributed by atoms with van der Waals surface area (Å²) >= 11 is 6.15. The zero-order valence-electron chi connectivity index (χ0n) is 13.4. The van der Waals surface area contributed by atoms with Gasteiger partial charge in [0.1, 0.15) is 0 Å². The van der Waals surface area contributed by atoms with E-state index < -0.39 is 5.60 Å². The predicted molar refractivity (Wildman–Crippen MR) is 88.4 cm³/mol. The van der Waals surface area contributed by atoms with Gasteiger partial charge in [-0.25, -0.2) is 0 Å². The highest BCUT2D eigenvalue weighted by molar-refractivity contribution is 6.34. The van der Waals surface area contributed by atoms with Crippen molar-refractivity contribution < 1.29 is 14.4 Å². The van der Waals surface area contributed by atoms with Crippen LogP contribution in [0.1, 0.15) is 25.3 Å². The van der Waals surface area contributed by atoms with Crippen molar-refractivity contribution >= 4 is 29.1 Å². The second-order valence-electron chi connectivity index (χ2n) is 5.81. The molecule has 0 aliphatic carbocycles. The minimum absolute atomic E-state index is 0.0456. The molecule has 1 N–H and O–H groups in total. The van der Waals surface area contributed by atoms with Crippen LogP contribution in [0.2, 0.25) is 5.02 Å². The maximum Gasteiger partial charge on any atom is 0.267 e. The molecule has 6 nitrogen and oxygen atoms in total. The van der Waals surface area contributed by atoms with E-state index in [1.807, 2.05) is 18.2 Å². The molecular formula is C16H20ClN3O3. The Labute approximate surface area is 140 Å². The number of halogens is 1. The molecule has 1 aromatic carbocycles. The lowest BCUT2D eigenvalue weighted by molar-refractivity contribution is -0.141. The van der Waals surface area contributed by atoms with Gasteiger partial charge in [-0.1, -0.05) is 35.0 Å². The number of nitrogens with one attached hydrogen (secondary N) is 1. The third-order valence-corrected chi connectivity index (χ3v) is 3.98. The molecule has 1 aromatic rings. The molecule has 2 amide bonds. The normalized spacial score (nSPS) is 19.7. The molecule has 23 heavy (non-hydrogen) atoms. The maximum absolute atomic E-state index is 12.3. The van der Waals surface area contributed by atoms with Crippen LogP contribution < -0.4 is 5.32 Å². The number of oxime groups is 1. The highest BCUT2D eigenvalue weighted by atomic mass is 35.5. The lowest BCUT2D eigenvalue weighted by Crippen LogP contribution is -2.45. The second kappa shape index (κ2) is 7.00. The summed E-state index contributed by atoms with van der Waals surface area (Å²) in [6.07, 6.45) is 0.567. The van der Waals surface area contributed by atoms with Crippen molar-refractivity contribution in [1.82, 2.24) is 10.2 Å². The predicted octanol–water partition coefficient (Wildman–Crippen LogP) is 1.82. The number of amides is 2. The quantitative estimate of drug-likeness (QED) is 0.890. The maximum atomic E-state index is 12.3. The molecule has 2 rings (SSSR count). The standard InChI is InChI=1S/C16H20ClN3O3/c1-16(15(22)18-9-8-14(21)20(2)3)10-13(19-23-16)11-6-4-5-7-12(11)17/h4-7H,8-10H2,1-3H3,(H,18,22)/t16-/m1/s1. The van der Waals surface area contributed by atoms with E-state index in [4.69, 9.17) is 16.4 Å². The average Bonchev–Trinajstić information content (AvgIpc) is 2.91. The Bertz CT molecular complexity index is 645. The van der Waals surface area contributed by atoms with Crippen molar-refractivity contribution in [2.24, 2.45) is 5.16 Å². The number of hydrogen-bond acceptors (Lipinski definition) is 4. The topological polar surface area (TPSA) is 71.0 Å². The van der Waals surface area contributed by atoms with E-state index in [-0.39, 0.29) is 24.8 Å². The highest BCUT2D eigenvalue weighted by Crippen LogP contribution is 2.29. The zero-order valence-corrected chi connectivity index (χ0v) is 14.2. The van der Waals surface area contributed by atoms with Gasteiger partial charge in [-0.3, -0.25) is 9.59 Å². The van der Waals surface area contributed by atoms with E-state index in [2.05, 4.69) is 10.5 Å². The Morgan fingerprint density at radius 1 is 1.39 bits per heavy atom. The van der Waals surface area contributed by atoms with Crippen LogP contribution in [0.5, 0.6) is 0 Å². The molecule has 0 bridgehead atoms. The molecule has 1 heterocycles.